The van der Waals surface area contributed by atoms with Crippen LogP contribution in [0.5, 0.6) is 0 Å². The summed E-state index contributed by atoms with van der Waals surface area (Å²) in [5.74, 6) is 6.70. The van der Waals surface area contributed by atoms with Crippen LogP contribution in [0.4, 0.5) is 0 Å². The van der Waals surface area contributed by atoms with E-state index < -0.39 is 8.32 Å². The van der Waals surface area contributed by atoms with Gasteiger partial charge in [-0.2, -0.15) is 0 Å². The average Bonchev–Trinajstić information content (AvgIpc) is 2.45. The topological polar surface area (TPSA) is 9.23 Å². The summed E-state index contributed by atoms with van der Waals surface area (Å²) in [5, 5.41) is 0. The van der Waals surface area contributed by atoms with E-state index in [1.54, 1.807) is 0 Å². The molecule has 0 aromatic heterocycles. The van der Waals surface area contributed by atoms with Gasteiger partial charge in [-0.15, -0.1) is 0 Å². The van der Waals surface area contributed by atoms with E-state index in [9.17, 15) is 0 Å². The maximum atomic E-state index is 6.29. The summed E-state index contributed by atoms with van der Waals surface area (Å²) in [6.07, 6.45) is -0.160. The van der Waals surface area contributed by atoms with E-state index in [4.69, 9.17) is 4.43 Å². The van der Waals surface area contributed by atoms with Crippen LogP contribution in [0.15, 0.2) is 48.5 Å². The first-order chi connectivity index (χ1) is 10.4. The fraction of sp³-hybridized carbons (Fsp3) is 0.300. The van der Waals surface area contributed by atoms with Gasteiger partial charge in [-0.1, -0.05) is 60.4 Å². The first kappa shape index (κ1) is 16.5. The summed E-state index contributed by atoms with van der Waals surface area (Å²) in [6.45, 7) is 10.8. The van der Waals surface area contributed by atoms with Gasteiger partial charge in [0.15, 0.2) is 8.32 Å². The lowest BCUT2D eigenvalue weighted by Gasteiger charge is -2.23. The molecule has 0 spiro atoms. The minimum Gasteiger partial charge on any atom is -0.400 e. The van der Waals surface area contributed by atoms with Crippen LogP contribution in [-0.2, 0) is 4.43 Å². The fourth-order valence-electron chi connectivity index (χ4n) is 2.31. The van der Waals surface area contributed by atoms with Gasteiger partial charge in [0, 0.05) is 5.56 Å². The molecular weight excluding hydrogens is 284 g/mol. The summed E-state index contributed by atoms with van der Waals surface area (Å²) >= 11 is 0. The number of hydrogen-bond acceptors (Lipinski definition) is 1. The van der Waals surface area contributed by atoms with Crippen molar-refractivity contribution in [3.63, 3.8) is 0 Å². The Balaban J connectivity index is 2.38. The van der Waals surface area contributed by atoms with Gasteiger partial charge >= 0.3 is 0 Å². The number of rotatable bonds is 3. The number of aryl methyl sites for hydroxylation is 2. The van der Waals surface area contributed by atoms with Gasteiger partial charge in [0.1, 0.15) is 6.10 Å². The smallest absolute Gasteiger partial charge is 0.185 e. The molecule has 0 bridgehead atoms. The Morgan fingerprint density at radius 3 is 2.00 bits per heavy atom. The zero-order valence-electron chi connectivity index (χ0n) is 14.1. The minimum atomic E-state index is -1.67. The first-order valence-corrected chi connectivity index (χ1v) is 11.1. The summed E-state index contributed by atoms with van der Waals surface area (Å²) < 4.78 is 6.29. The molecule has 0 aliphatic heterocycles. The molecule has 0 aliphatic rings. The lowest BCUT2D eigenvalue weighted by Crippen LogP contribution is -2.27. The van der Waals surface area contributed by atoms with Gasteiger partial charge in [-0.25, -0.2) is 0 Å². The zero-order chi connectivity index (χ0) is 16.2. The molecule has 1 atom stereocenters. The molecule has 2 aromatic carbocycles. The van der Waals surface area contributed by atoms with Crippen molar-refractivity contribution >= 4 is 8.32 Å². The quantitative estimate of drug-likeness (QED) is 0.556. The lowest BCUT2D eigenvalue weighted by molar-refractivity contribution is 0.257. The van der Waals surface area contributed by atoms with E-state index in [2.05, 4.69) is 75.7 Å². The Bertz CT molecular complexity index is 667. The predicted molar refractivity (Wildman–Crippen MR) is 96.4 cm³/mol. The van der Waals surface area contributed by atoms with Crippen molar-refractivity contribution in [2.24, 2.45) is 0 Å². The Hall–Kier alpha value is -1.82. The van der Waals surface area contributed by atoms with Crippen molar-refractivity contribution in [1.29, 1.82) is 0 Å². The van der Waals surface area contributed by atoms with E-state index in [1.165, 1.54) is 11.1 Å². The summed E-state index contributed by atoms with van der Waals surface area (Å²) in [6, 6.07) is 16.6. The molecule has 0 heterocycles. The molecule has 2 aromatic rings. The molecule has 0 fully saturated rings. The standard InChI is InChI=1S/C20H24OSi/c1-16-10-9-11-17(2)19(16)14-15-20(21-22(3,4)5)18-12-7-6-8-13-18/h6-13,20H,1-5H3. The molecule has 0 saturated heterocycles. The summed E-state index contributed by atoms with van der Waals surface area (Å²) in [5.41, 5.74) is 4.67. The van der Waals surface area contributed by atoms with Gasteiger partial charge in [-0.3, -0.25) is 0 Å². The third-order valence-corrected chi connectivity index (χ3v) is 4.33. The van der Waals surface area contributed by atoms with Gasteiger partial charge in [0.05, 0.1) is 0 Å². The zero-order valence-corrected chi connectivity index (χ0v) is 15.1. The Kier molecular flexibility index (Phi) is 5.23. The van der Waals surface area contributed by atoms with Gasteiger partial charge in [-0.05, 0) is 50.2 Å². The summed E-state index contributed by atoms with van der Waals surface area (Å²) in [4.78, 5) is 0. The van der Waals surface area contributed by atoms with Crippen molar-refractivity contribution in [1.82, 2.24) is 0 Å². The molecule has 114 valence electrons. The number of benzene rings is 2. The van der Waals surface area contributed by atoms with E-state index in [-0.39, 0.29) is 6.10 Å². The van der Waals surface area contributed by atoms with Crippen molar-refractivity contribution in [3.05, 3.63) is 70.8 Å². The number of hydrogen-bond donors (Lipinski definition) is 0. The van der Waals surface area contributed by atoms with E-state index >= 15 is 0 Å². The molecule has 0 N–H and O–H groups in total. The van der Waals surface area contributed by atoms with Crippen LogP contribution in [0.25, 0.3) is 0 Å². The molecule has 1 nitrogen and oxygen atoms in total. The van der Waals surface area contributed by atoms with E-state index in [1.807, 2.05) is 18.2 Å². The molecule has 2 heteroatoms. The normalized spacial score (nSPS) is 12.4. The Morgan fingerprint density at radius 2 is 1.45 bits per heavy atom. The molecule has 0 radical (unpaired) electrons. The van der Waals surface area contributed by atoms with Crippen LogP contribution in [-0.4, -0.2) is 8.32 Å². The SMILES string of the molecule is Cc1cccc(C)c1C#CC(O[Si](C)(C)C)c1ccccc1. The highest BCUT2D eigenvalue weighted by Crippen LogP contribution is 2.22. The van der Waals surface area contributed by atoms with Crippen LogP contribution in [0, 0.1) is 25.7 Å². The van der Waals surface area contributed by atoms with Crippen molar-refractivity contribution in [2.75, 3.05) is 0 Å². The largest absolute Gasteiger partial charge is 0.400 e. The molecule has 0 amide bonds. The highest BCUT2D eigenvalue weighted by Gasteiger charge is 2.21. The maximum absolute atomic E-state index is 6.29. The third kappa shape index (κ3) is 4.59. The second-order valence-electron chi connectivity index (χ2n) is 6.56. The minimum absolute atomic E-state index is 0.160. The molecule has 1 unspecified atom stereocenters. The van der Waals surface area contributed by atoms with Crippen LogP contribution >= 0.6 is 0 Å². The van der Waals surface area contributed by atoms with E-state index in [0.717, 1.165) is 11.1 Å². The van der Waals surface area contributed by atoms with Gasteiger partial charge in [0.25, 0.3) is 0 Å². The molecule has 2 rings (SSSR count). The monoisotopic (exact) mass is 308 g/mol. The van der Waals surface area contributed by atoms with Crippen LogP contribution in [0.2, 0.25) is 19.6 Å². The van der Waals surface area contributed by atoms with Crippen LogP contribution in [0.3, 0.4) is 0 Å². The average molecular weight is 308 g/mol. The van der Waals surface area contributed by atoms with Gasteiger partial charge < -0.3 is 4.43 Å². The highest BCUT2D eigenvalue weighted by atomic mass is 28.4. The van der Waals surface area contributed by atoms with Crippen LogP contribution in [0.1, 0.15) is 28.4 Å². The molecular formula is C20H24OSi. The van der Waals surface area contributed by atoms with Crippen molar-refractivity contribution < 1.29 is 4.43 Å². The molecule has 22 heavy (non-hydrogen) atoms. The second-order valence-corrected chi connectivity index (χ2v) is 11.0. The predicted octanol–water partition coefficient (Wildman–Crippen LogP) is 5.25. The van der Waals surface area contributed by atoms with Crippen LogP contribution < -0.4 is 0 Å². The van der Waals surface area contributed by atoms with Crippen molar-refractivity contribution in [3.8, 4) is 11.8 Å². The molecule has 0 saturated carbocycles. The maximum Gasteiger partial charge on any atom is 0.185 e. The van der Waals surface area contributed by atoms with Crippen molar-refractivity contribution in [2.45, 2.75) is 39.6 Å². The highest BCUT2D eigenvalue weighted by molar-refractivity contribution is 6.69. The summed E-state index contributed by atoms with van der Waals surface area (Å²) in [7, 11) is -1.67. The Morgan fingerprint density at radius 1 is 0.864 bits per heavy atom. The Labute approximate surface area is 135 Å². The van der Waals surface area contributed by atoms with E-state index in [0.29, 0.717) is 0 Å². The lowest BCUT2D eigenvalue weighted by atomic mass is 10.0. The fourth-order valence-corrected chi connectivity index (χ4v) is 3.21. The van der Waals surface area contributed by atoms with Gasteiger partial charge in [0.2, 0.25) is 0 Å². The first-order valence-electron chi connectivity index (χ1n) is 7.67. The second kappa shape index (κ2) is 6.96. The third-order valence-electron chi connectivity index (χ3n) is 3.38. The molecule has 0 aliphatic carbocycles.